The van der Waals surface area contributed by atoms with Gasteiger partial charge in [-0.25, -0.2) is 18.4 Å². The fourth-order valence-electron chi connectivity index (χ4n) is 2.55. The zero-order chi connectivity index (χ0) is 20.3. The fourth-order valence-corrected chi connectivity index (χ4v) is 3.24. The first kappa shape index (κ1) is 20.1. The second-order valence-electron chi connectivity index (χ2n) is 5.96. The first-order chi connectivity index (χ1) is 13.2. The van der Waals surface area contributed by atoms with Gasteiger partial charge in [0.2, 0.25) is 10.0 Å². The van der Waals surface area contributed by atoms with Crippen LogP contribution in [0.25, 0.3) is 10.9 Å². The number of nitrogens with two attached hydrogens (primary N) is 1. The number of fused-ring (bicyclic) bond motifs is 1. The highest BCUT2D eigenvalue weighted by molar-refractivity contribution is 7.89. The monoisotopic (exact) mass is 420 g/mol. The molecule has 2 N–H and O–H groups in total. The van der Waals surface area contributed by atoms with Crippen molar-refractivity contribution in [3.05, 3.63) is 64.8 Å². The van der Waals surface area contributed by atoms with Crippen LogP contribution in [0.2, 0.25) is 5.02 Å². The molecule has 0 saturated carbocycles. The lowest BCUT2D eigenvalue weighted by molar-refractivity contribution is 0.0449. The number of hydrogen-bond donors (Lipinski definition) is 1. The van der Waals surface area contributed by atoms with Crippen molar-refractivity contribution < 1.29 is 22.7 Å². The smallest absolute Gasteiger partial charge is 0.340 e. The number of ether oxygens (including phenoxy) is 2. The van der Waals surface area contributed by atoms with Crippen LogP contribution in [-0.2, 0) is 14.8 Å². The van der Waals surface area contributed by atoms with Crippen LogP contribution in [0.4, 0.5) is 0 Å². The molecule has 0 amide bonds. The quantitative estimate of drug-likeness (QED) is 0.485. The lowest BCUT2D eigenvalue weighted by atomic mass is 10.1. The van der Waals surface area contributed by atoms with E-state index in [0.717, 1.165) is 10.9 Å². The van der Waals surface area contributed by atoms with E-state index in [4.69, 9.17) is 26.2 Å². The van der Waals surface area contributed by atoms with Gasteiger partial charge in [-0.2, -0.15) is 0 Å². The van der Waals surface area contributed by atoms with Gasteiger partial charge in [0.25, 0.3) is 0 Å². The highest BCUT2D eigenvalue weighted by Gasteiger charge is 2.13. The molecule has 0 spiro atoms. The molecule has 0 aliphatic heterocycles. The van der Waals surface area contributed by atoms with Gasteiger partial charge in [0, 0.05) is 10.4 Å². The van der Waals surface area contributed by atoms with E-state index in [1.54, 1.807) is 31.2 Å². The molecular weight excluding hydrogens is 404 g/mol. The molecule has 1 aromatic heterocycles. The minimum Gasteiger partial charge on any atom is -0.490 e. The summed E-state index contributed by atoms with van der Waals surface area (Å²) in [5.74, 6) is -0.0818. The minimum atomic E-state index is -3.75. The standard InChI is InChI=1S/C19H17ClN2O5S/c1-12-17(11-13-10-14(20)2-7-18(13)22-12)19(23)27-9-8-26-15-3-5-16(6-4-15)28(21,24)25/h2-7,10-11H,8-9H2,1H3,(H2,21,24,25). The molecule has 1 heterocycles. The van der Waals surface area contributed by atoms with Crippen LogP contribution < -0.4 is 9.88 Å². The molecule has 0 radical (unpaired) electrons. The van der Waals surface area contributed by atoms with Gasteiger partial charge in [0.15, 0.2) is 0 Å². The van der Waals surface area contributed by atoms with Crippen molar-refractivity contribution in [1.29, 1.82) is 0 Å². The summed E-state index contributed by atoms with van der Waals surface area (Å²) in [6.07, 6.45) is 0. The summed E-state index contributed by atoms with van der Waals surface area (Å²) in [5, 5.41) is 6.34. The van der Waals surface area contributed by atoms with Gasteiger partial charge >= 0.3 is 5.97 Å². The number of sulfonamides is 1. The van der Waals surface area contributed by atoms with Crippen LogP contribution >= 0.6 is 11.6 Å². The topological polar surface area (TPSA) is 109 Å². The number of nitrogens with zero attached hydrogens (tertiary/aromatic N) is 1. The largest absolute Gasteiger partial charge is 0.490 e. The van der Waals surface area contributed by atoms with E-state index in [1.807, 2.05) is 0 Å². The maximum Gasteiger partial charge on any atom is 0.340 e. The average Bonchev–Trinajstić information content (AvgIpc) is 2.64. The molecule has 146 valence electrons. The highest BCUT2D eigenvalue weighted by Crippen LogP contribution is 2.21. The van der Waals surface area contributed by atoms with Gasteiger partial charge in [0.05, 0.1) is 21.7 Å². The number of esters is 1. The number of hydrogen-bond acceptors (Lipinski definition) is 6. The number of aryl methyl sites for hydroxylation is 1. The third-order valence-corrected chi connectivity index (χ3v) is 5.09. The van der Waals surface area contributed by atoms with E-state index in [-0.39, 0.29) is 18.1 Å². The Labute approximate surface area is 167 Å². The number of primary sulfonamides is 1. The molecule has 0 saturated heterocycles. The molecular formula is C19H17ClN2O5S. The van der Waals surface area contributed by atoms with E-state index in [2.05, 4.69) is 4.98 Å². The Kier molecular flexibility index (Phi) is 5.83. The van der Waals surface area contributed by atoms with E-state index in [9.17, 15) is 13.2 Å². The summed E-state index contributed by atoms with van der Waals surface area (Å²) >= 11 is 5.98. The van der Waals surface area contributed by atoms with Crippen molar-refractivity contribution >= 4 is 38.5 Å². The maximum atomic E-state index is 12.3. The van der Waals surface area contributed by atoms with Gasteiger partial charge in [-0.3, -0.25) is 4.98 Å². The summed E-state index contributed by atoms with van der Waals surface area (Å²) in [5.41, 5.74) is 1.65. The molecule has 0 unspecified atom stereocenters. The first-order valence-electron chi connectivity index (χ1n) is 8.24. The maximum absolute atomic E-state index is 12.3. The van der Waals surface area contributed by atoms with Crippen LogP contribution in [0.3, 0.4) is 0 Å². The van der Waals surface area contributed by atoms with E-state index >= 15 is 0 Å². The third kappa shape index (κ3) is 4.78. The summed E-state index contributed by atoms with van der Waals surface area (Å²) in [6.45, 7) is 1.85. The summed E-state index contributed by atoms with van der Waals surface area (Å²) in [6, 6.07) is 12.6. The molecule has 9 heteroatoms. The average molecular weight is 421 g/mol. The molecule has 0 atom stereocenters. The number of carbonyl (C=O) groups excluding carboxylic acids is 1. The van der Waals surface area contributed by atoms with E-state index < -0.39 is 16.0 Å². The van der Waals surface area contributed by atoms with Gasteiger partial charge in [-0.15, -0.1) is 0 Å². The second-order valence-corrected chi connectivity index (χ2v) is 7.96. The molecule has 3 rings (SSSR count). The Morgan fingerprint density at radius 1 is 1.11 bits per heavy atom. The predicted molar refractivity (Wildman–Crippen MR) is 105 cm³/mol. The van der Waals surface area contributed by atoms with Gasteiger partial charge < -0.3 is 9.47 Å². The Morgan fingerprint density at radius 2 is 1.82 bits per heavy atom. The Balaban J connectivity index is 1.58. The van der Waals surface area contributed by atoms with Crippen molar-refractivity contribution in [3.63, 3.8) is 0 Å². The number of aromatic nitrogens is 1. The number of benzene rings is 2. The summed E-state index contributed by atoms with van der Waals surface area (Å²) < 4.78 is 33.1. The zero-order valence-corrected chi connectivity index (χ0v) is 16.5. The fraction of sp³-hybridized carbons (Fsp3) is 0.158. The molecule has 0 aliphatic carbocycles. The molecule has 0 fully saturated rings. The summed E-state index contributed by atoms with van der Waals surface area (Å²) in [7, 11) is -3.75. The Morgan fingerprint density at radius 3 is 2.50 bits per heavy atom. The van der Waals surface area contributed by atoms with Crippen LogP contribution in [0.1, 0.15) is 16.1 Å². The van der Waals surface area contributed by atoms with Crippen molar-refractivity contribution in [2.45, 2.75) is 11.8 Å². The summed E-state index contributed by atoms with van der Waals surface area (Å²) in [4.78, 5) is 16.7. The van der Waals surface area contributed by atoms with E-state index in [0.29, 0.717) is 22.0 Å². The highest BCUT2D eigenvalue weighted by atomic mass is 35.5. The molecule has 7 nitrogen and oxygen atoms in total. The van der Waals surface area contributed by atoms with Crippen molar-refractivity contribution in [3.8, 4) is 5.75 Å². The van der Waals surface area contributed by atoms with Crippen molar-refractivity contribution in [1.82, 2.24) is 4.98 Å². The number of pyridine rings is 1. The molecule has 0 aliphatic rings. The first-order valence-corrected chi connectivity index (χ1v) is 10.2. The molecule has 0 bridgehead atoms. The molecule has 2 aromatic carbocycles. The van der Waals surface area contributed by atoms with Crippen molar-refractivity contribution in [2.24, 2.45) is 5.14 Å². The van der Waals surface area contributed by atoms with Gasteiger partial charge in [-0.1, -0.05) is 11.6 Å². The van der Waals surface area contributed by atoms with E-state index in [1.165, 1.54) is 24.3 Å². The normalized spacial score (nSPS) is 11.4. The van der Waals surface area contributed by atoms with Crippen molar-refractivity contribution in [2.75, 3.05) is 13.2 Å². The van der Waals surface area contributed by atoms with Gasteiger partial charge in [-0.05, 0) is 55.5 Å². The molecule has 3 aromatic rings. The van der Waals surface area contributed by atoms with Gasteiger partial charge in [0.1, 0.15) is 19.0 Å². The Bertz CT molecular complexity index is 1130. The minimum absolute atomic E-state index is 0.00865. The third-order valence-electron chi connectivity index (χ3n) is 3.92. The van der Waals surface area contributed by atoms with Crippen LogP contribution in [0, 0.1) is 6.92 Å². The van der Waals surface area contributed by atoms with Crippen LogP contribution in [0.15, 0.2) is 53.4 Å². The molecule has 28 heavy (non-hydrogen) atoms. The zero-order valence-electron chi connectivity index (χ0n) is 14.9. The SMILES string of the molecule is Cc1nc2ccc(Cl)cc2cc1C(=O)OCCOc1ccc(S(N)(=O)=O)cc1. The van der Waals surface area contributed by atoms with Crippen LogP contribution in [-0.4, -0.2) is 32.6 Å². The lowest BCUT2D eigenvalue weighted by Gasteiger charge is -2.10. The second kappa shape index (κ2) is 8.14. The number of rotatable bonds is 6. The number of carbonyl (C=O) groups is 1. The number of halogens is 1. The lowest BCUT2D eigenvalue weighted by Crippen LogP contribution is -2.14. The van der Waals surface area contributed by atoms with Crippen LogP contribution in [0.5, 0.6) is 5.75 Å². The predicted octanol–water partition coefficient (Wildman–Crippen LogP) is 3.08. The Hall–Kier alpha value is -2.68.